The van der Waals surface area contributed by atoms with E-state index in [1.54, 1.807) is 0 Å². The van der Waals surface area contributed by atoms with E-state index in [0.29, 0.717) is 0 Å². The fraction of sp³-hybridized carbons (Fsp3) is 0.538. The highest BCUT2D eigenvalue weighted by Gasteiger charge is 2.12. The molecule has 1 unspecified atom stereocenters. The molecule has 1 fully saturated rings. The van der Waals surface area contributed by atoms with Crippen molar-refractivity contribution in [2.24, 2.45) is 0 Å². The van der Waals surface area contributed by atoms with Gasteiger partial charge in [0, 0.05) is 18.3 Å². The van der Waals surface area contributed by atoms with Crippen molar-refractivity contribution in [3.05, 3.63) is 35.4 Å². The van der Waals surface area contributed by atoms with Gasteiger partial charge in [-0.3, -0.25) is 0 Å². The van der Waals surface area contributed by atoms with E-state index in [9.17, 15) is 0 Å². The van der Waals surface area contributed by atoms with Crippen LogP contribution in [0.3, 0.4) is 0 Å². The number of hydrogen-bond acceptors (Lipinski definition) is 2. The molecule has 1 N–H and O–H groups in total. The minimum Gasteiger partial charge on any atom is -0.309 e. The average molecular weight is 221 g/mol. The summed E-state index contributed by atoms with van der Waals surface area (Å²) in [6.45, 7) is 3.17. The van der Waals surface area contributed by atoms with Crippen LogP contribution in [-0.4, -0.2) is 17.5 Å². The molecule has 0 amide bonds. The van der Waals surface area contributed by atoms with Gasteiger partial charge in [0.05, 0.1) is 0 Å². The molecule has 1 aliphatic heterocycles. The van der Waals surface area contributed by atoms with Gasteiger partial charge in [-0.2, -0.15) is 11.8 Å². The van der Waals surface area contributed by atoms with Gasteiger partial charge >= 0.3 is 0 Å². The number of rotatable bonds is 3. The molecule has 0 bridgehead atoms. The van der Waals surface area contributed by atoms with E-state index in [0.717, 1.165) is 12.6 Å². The molecule has 0 spiro atoms. The molecule has 2 rings (SSSR count). The zero-order valence-corrected chi connectivity index (χ0v) is 10.1. The van der Waals surface area contributed by atoms with E-state index in [1.807, 2.05) is 0 Å². The van der Waals surface area contributed by atoms with Gasteiger partial charge in [-0.05, 0) is 31.1 Å². The standard InChI is InChI=1S/C13H19NS/c1-11-4-2-5-12(8-11)9-14-13-6-3-7-15-10-13/h2,4-5,8,13-14H,3,6-7,9-10H2,1H3. The van der Waals surface area contributed by atoms with Crippen LogP contribution in [0.15, 0.2) is 24.3 Å². The first-order valence-corrected chi connectivity index (χ1v) is 6.87. The van der Waals surface area contributed by atoms with E-state index >= 15 is 0 Å². The summed E-state index contributed by atoms with van der Waals surface area (Å²) in [7, 11) is 0. The van der Waals surface area contributed by atoms with Crippen LogP contribution in [-0.2, 0) is 6.54 Å². The van der Waals surface area contributed by atoms with Gasteiger partial charge in [0.1, 0.15) is 0 Å². The zero-order chi connectivity index (χ0) is 10.5. The Balaban J connectivity index is 1.81. The molecule has 1 atom stereocenters. The Morgan fingerprint density at radius 2 is 2.40 bits per heavy atom. The highest BCUT2D eigenvalue weighted by Crippen LogP contribution is 2.17. The number of nitrogens with one attached hydrogen (secondary N) is 1. The molecule has 15 heavy (non-hydrogen) atoms. The third kappa shape index (κ3) is 3.54. The van der Waals surface area contributed by atoms with Crippen molar-refractivity contribution < 1.29 is 0 Å². The first kappa shape index (κ1) is 11.0. The summed E-state index contributed by atoms with van der Waals surface area (Å²) in [4.78, 5) is 0. The van der Waals surface area contributed by atoms with Crippen molar-refractivity contribution in [1.29, 1.82) is 0 Å². The van der Waals surface area contributed by atoms with Crippen LogP contribution in [0.1, 0.15) is 24.0 Å². The zero-order valence-electron chi connectivity index (χ0n) is 9.33. The second-order valence-electron chi connectivity index (χ2n) is 4.28. The Hall–Kier alpha value is -0.470. The number of thioether (sulfide) groups is 1. The summed E-state index contributed by atoms with van der Waals surface area (Å²) >= 11 is 2.08. The van der Waals surface area contributed by atoms with Gasteiger partial charge in [0.25, 0.3) is 0 Å². The van der Waals surface area contributed by atoms with E-state index in [1.165, 1.54) is 35.5 Å². The van der Waals surface area contributed by atoms with Crippen LogP contribution in [0.25, 0.3) is 0 Å². The third-order valence-electron chi connectivity index (χ3n) is 2.84. The van der Waals surface area contributed by atoms with E-state index < -0.39 is 0 Å². The Kier molecular flexibility index (Phi) is 4.09. The van der Waals surface area contributed by atoms with Gasteiger partial charge in [-0.1, -0.05) is 29.8 Å². The van der Waals surface area contributed by atoms with E-state index in [2.05, 4.69) is 48.3 Å². The van der Waals surface area contributed by atoms with Crippen molar-refractivity contribution in [3.8, 4) is 0 Å². The fourth-order valence-electron chi connectivity index (χ4n) is 1.99. The Bertz CT molecular complexity index is 305. The van der Waals surface area contributed by atoms with Crippen LogP contribution in [0.5, 0.6) is 0 Å². The molecule has 0 saturated carbocycles. The number of aryl methyl sites for hydroxylation is 1. The molecule has 1 aromatic rings. The summed E-state index contributed by atoms with van der Waals surface area (Å²) in [6.07, 6.45) is 2.72. The molecule has 1 aliphatic rings. The van der Waals surface area contributed by atoms with Gasteiger partial charge < -0.3 is 5.32 Å². The highest BCUT2D eigenvalue weighted by atomic mass is 32.2. The van der Waals surface area contributed by atoms with Crippen molar-refractivity contribution in [3.63, 3.8) is 0 Å². The maximum atomic E-state index is 3.64. The molecule has 0 aliphatic carbocycles. The van der Waals surface area contributed by atoms with E-state index in [4.69, 9.17) is 0 Å². The Morgan fingerprint density at radius 3 is 3.13 bits per heavy atom. The molecule has 2 heteroatoms. The molecule has 82 valence electrons. The largest absolute Gasteiger partial charge is 0.309 e. The Morgan fingerprint density at radius 1 is 1.47 bits per heavy atom. The summed E-state index contributed by atoms with van der Waals surface area (Å²) in [5.41, 5.74) is 2.76. The normalized spacial score (nSPS) is 21.5. The highest BCUT2D eigenvalue weighted by molar-refractivity contribution is 7.99. The first-order chi connectivity index (χ1) is 7.34. The summed E-state index contributed by atoms with van der Waals surface area (Å²) < 4.78 is 0. The molecule has 0 radical (unpaired) electrons. The fourth-order valence-corrected chi connectivity index (χ4v) is 3.09. The summed E-state index contributed by atoms with van der Waals surface area (Å²) in [5.74, 6) is 2.63. The van der Waals surface area contributed by atoms with E-state index in [-0.39, 0.29) is 0 Å². The summed E-state index contributed by atoms with van der Waals surface area (Å²) in [5, 5.41) is 3.64. The number of benzene rings is 1. The maximum Gasteiger partial charge on any atom is 0.0208 e. The van der Waals surface area contributed by atoms with Gasteiger partial charge in [-0.15, -0.1) is 0 Å². The second-order valence-corrected chi connectivity index (χ2v) is 5.43. The van der Waals surface area contributed by atoms with Crippen LogP contribution in [0.4, 0.5) is 0 Å². The van der Waals surface area contributed by atoms with Crippen LogP contribution >= 0.6 is 11.8 Å². The maximum absolute atomic E-state index is 3.64. The first-order valence-electron chi connectivity index (χ1n) is 5.71. The predicted octanol–water partition coefficient (Wildman–Crippen LogP) is 2.98. The lowest BCUT2D eigenvalue weighted by atomic mass is 10.1. The van der Waals surface area contributed by atoms with Crippen LogP contribution in [0.2, 0.25) is 0 Å². The molecule has 0 aromatic heterocycles. The van der Waals surface area contributed by atoms with Gasteiger partial charge in [0.15, 0.2) is 0 Å². The minimum atomic E-state index is 0.726. The molecule has 1 saturated heterocycles. The monoisotopic (exact) mass is 221 g/mol. The smallest absolute Gasteiger partial charge is 0.0208 e. The molecule has 1 nitrogen and oxygen atoms in total. The van der Waals surface area contributed by atoms with Crippen molar-refractivity contribution >= 4 is 11.8 Å². The summed E-state index contributed by atoms with van der Waals surface area (Å²) in [6, 6.07) is 9.49. The SMILES string of the molecule is Cc1cccc(CNC2CCCSC2)c1. The topological polar surface area (TPSA) is 12.0 Å². The molecular formula is C13H19NS. The van der Waals surface area contributed by atoms with Gasteiger partial charge in [-0.25, -0.2) is 0 Å². The van der Waals surface area contributed by atoms with Gasteiger partial charge in [0.2, 0.25) is 0 Å². The molecular weight excluding hydrogens is 202 g/mol. The average Bonchev–Trinajstić information content (AvgIpc) is 2.28. The lowest BCUT2D eigenvalue weighted by molar-refractivity contribution is 0.507. The van der Waals surface area contributed by atoms with Crippen molar-refractivity contribution in [2.45, 2.75) is 32.4 Å². The predicted molar refractivity (Wildman–Crippen MR) is 68.4 cm³/mol. The lowest BCUT2D eigenvalue weighted by Crippen LogP contribution is -2.33. The Labute approximate surface area is 96.7 Å². The minimum absolute atomic E-state index is 0.726. The van der Waals surface area contributed by atoms with Crippen LogP contribution < -0.4 is 5.32 Å². The number of hydrogen-bond donors (Lipinski definition) is 1. The quantitative estimate of drug-likeness (QED) is 0.842. The second kappa shape index (κ2) is 5.57. The van der Waals surface area contributed by atoms with Crippen molar-refractivity contribution in [1.82, 2.24) is 5.32 Å². The van der Waals surface area contributed by atoms with Crippen molar-refractivity contribution in [2.75, 3.05) is 11.5 Å². The molecule has 1 heterocycles. The third-order valence-corrected chi connectivity index (χ3v) is 4.05. The lowest BCUT2D eigenvalue weighted by Gasteiger charge is -2.22. The molecule has 1 aromatic carbocycles. The van der Waals surface area contributed by atoms with Crippen LogP contribution in [0, 0.1) is 6.92 Å².